The van der Waals surface area contributed by atoms with Gasteiger partial charge in [-0.05, 0) is 41.8 Å². The van der Waals surface area contributed by atoms with Gasteiger partial charge in [0.25, 0.3) is 5.91 Å². The topological polar surface area (TPSA) is 72.6 Å². The summed E-state index contributed by atoms with van der Waals surface area (Å²) < 4.78 is 21.9. The Kier molecular flexibility index (Phi) is 5.60. The maximum Gasteiger partial charge on any atom is 0.253 e. The van der Waals surface area contributed by atoms with E-state index in [2.05, 4.69) is 35.0 Å². The van der Waals surface area contributed by atoms with E-state index in [1.807, 2.05) is 29.0 Å². The molecule has 0 aliphatic carbocycles. The fraction of sp³-hybridized carbons (Fsp3) is 0.280. The zero-order valence-electron chi connectivity index (χ0n) is 18.5. The quantitative estimate of drug-likeness (QED) is 0.464. The number of morpholine rings is 1. The molecule has 0 saturated carbocycles. The summed E-state index contributed by atoms with van der Waals surface area (Å²) in [6, 6.07) is 10.7. The van der Waals surface area contributed by atoms with Gasteiger partial charge in [0.1, 0.15) is 18.2 Å². The maximum atomic E-state index is 14.9. The molecule has 1 amide bonds. The third-order valence-corrected chi connectivity index (χ3v) is 5.86. The van der Waals surface area contributed by atoms with Crippen LogP contribution in [0.2, 0.25) is 0 Å². The molecular weight excluding hydrogens is 421 g/mol. The molecule has 33 heavy (non-hydrogen) atoms. The van der Waals surface area contributed by atoms with E-state index in [1.165, 1.54) is 11.6 Å². The van der Waals surface area contributed by atoms with Crippen molar-refractivity contribution < 1.29 is 13.9 Å². The number of carbonyl (C=O) groups is 1. The number of carbonyl (C=O) groups excluding carboxylic acids is 1. The highest BCUT2D eigenvalue weighted by molar-refractivity contribution is 5.94. The summed E-state index contributed by atoms with van der Waals surface area (Å²) in [7, 11) is 0. The average Bonchev–Trinajstić information content (AvgIpc) is 3.25. The number of rotatable bonds is 5. The second-order valence-corrected chi connectivity index (χ2v) is 8.41. The van der Waals surface area contributed by atoms with E-state index in [1.54, 1.807) is 23.2 Å². The molecule has 0 radical (unpaired) electrons. The molecule has 0 atom stereocenters. The fourth-order valence-electron chi connectivity index (χ4n) is 4.06. The van der Waals surface area contributed by atoms with Gasteiger partial charge >= 0.3 is 0 Å². The van der Waals surface area contributed by atoms with E-state index < -0.39 is 0 Å². The highest BCUT2D eigenvalue weighted by Gasteiger charge is 2.21. The lowest BCUT2D eigenvalue weighted by Crippen LogP contribution is -2.41. The van der Waals surface area contributed by atoms with Crippen LogP contribution in [0.15, 0.2) is 55.0 Å². The van der Waals surface area contributed by atoms with Crippen molar-refractivity contribution in [1.29, 1.82) is 0 Å². The van der Waals surface area contributed by atoms with Crippen molar-refractivity contribution in [2.45, 2.75) is 26.2 Å². The summed E-state index contributed by atoms with van der Waals surface area (Å²) in [5, 5.41) is 4.41. The van der Waals surface area contributed by atoms with Crippen molar-refractivity contribution >= 4 is 17.1 Å². The fourth-order valence-corrected chi connectivity index (χ4v) is 4.06. The minimum absolute atomic E-state index is 0.0216. The lowest BCUT2D eigenvalue weighted by atomic mass is 10.0. The van der Waals surface area contributed by atoms with E-state index in [4.69, 9.17) is 4.74 Å². The number of anilines is 1. The number of amides is 1. The molecule has 0 spiro atoms. The van der Waals surface area contributed by atoms with Gasteiger partial charge in [0.05, 0.1) is 24.0 Å². The predicted octanol–water partition coefficient (Wildman–Crippen LogP) is 4.01. The molecule has 1 aliphatic rings. The van der Waals surface area contributed by atoms with Crippen LogP contribution < -0.4 is 4.90 Å². The molecule has 5 rings (SSSR count). The van der Waals surface area contributed by atoms with Crippen molar-refractivity contribution in [3.8, 4) is 11.3 Å². The lowest BCUT2D eigenvalue weighted by Gasteiger charge is -2.27. The number of hydrogen-bond donors (Lipinski definition) is 0. The molecule has 0 bridgehead atoms. The van der Waals surface area contributed by atoms with Gasteiger partial charge in [-0.2, -0.15) is 5.10 Å². The Bertz CT molecular complexity index is 1330. The number of hydrogen-bond acceptors (Lipinski definition) is 5. The lowest BCUT2D eigenvalue weighted by molar-refractivity contribution is -0.125. The monoisotopic (exact) mass is 445 g/mol. The van der Waals surface area contributed by atoms with E-state index in [9.17, 15) is 9.18 Å². The van der Waals surface area contributed by atoms with Gasteiger partial charge in [-0.3, -0.25) is 4.79 Å². The Labute approximate surface area is 190 Å². The summed E-state index contributed by atoms with van der Waals surface area (Å²) >= 11 is 0. The first-order valence-electron chi connectivity index (χ1n) is 11.0. The summed E-state index contributed by atoms with van der Waals surface area (Å²) in [4.78, 5) is 22.6. The molecular formula is C25H24FN5O2. The predicted molar refractivity (Wildman–Crippen MR) is 123 cm³/mol. The van der Waals surface area contributed by atoms with Gasteiger partial charge in [0.2, 0.25) is 0 Å². The Hall–Kier alpha value is -3.65. The van der Waals surface area contributed by atoms with E-state index in [0.717, 1.165) is 16.8 Å². The number of halogens is 1. The number of fused-ring (bicyclic) bond motifs is 1. The summed E-state index contributed by atoms with van der Waals surface area (Å²) in [5.74, 6) is 0.333. The van der Waals surface area contributed by atoms with Gasteiger partial charge < -0.3 is 9.64 Å². The van der Waals surface area contributed by atoms with Crippen LogP contribution in [0.3, 0.4) is 0 Å². The third-order valence-electron chi connectivity index (χ3n) is 5.86. The molecule has 168 valence electrons. The molecule has 1 aliphatic heterocycles. The Balaban J connectivity index is 1.40. The number of pyridine rings is 1. The molecule has 0 N–H and O–H groups in total. The zero-order chi connectivity index (χ0) is 22.9. The molecule has 3 aromatic heterocycles. The van der Waals surface area contributed by atoms with Crippen LogP contribution in [0.25, 0.3) is 16.8 Å². The van der Waals surface area contributed by atoms with Crippen LogP contribution in [0.4, 0.5) is 10.1 Å². The van der Waals surface area contributed by atoms with Gasteiger partial charge in [-0.25, -0.2) is 18.9 Å². The Morgan fingerprint density at radius 2 is 2.06 bits per heavy atom. The highest BCUT2D eigenvalue weighted by Crippen LogP contribution is 2.26. The summed E-state index contributed by atoms with van der Waals surface area (Å²) in [6.45, 7) is 5.17. The first-order valence-corrected chi connectivity index (χ1v) is 11.0. The van der Waals surface area contributed by atoms with Crippen LogP contribution in [0.5, 0.6) is 0 Å². The second kappa shape index (κ2) is 8.71. The second-order valence-electron chi connectivity index (χ2n) is 8.41. The van der Waals surface area contributed by atoms with E-state index in [0.29, 0.717) is 36.1 Å². The highest BCUT2D eigenvalue weighted by atomic mass is 19.1. The van der Waals surface area contributed by atoms with E-state index >= 15 is 0 Å². The van der Waals surface area contributed by atoms with E-state index in [-0.39, 0.29) is 24.8 Å². The van der Waals surface area contributed by atoms with Crippen molar-refractivity contribution in [1.82, 2.24) is 19.6 Å². The molecule has 8 heteroatoms. The zero-order valence-corrected chi connectivity index (χ0v) is 18.5. The van der Waals surface area contributed by atoms with Crippen molar-refractivity contribution in [2.75, 3.05) is 24.7 Å². The first kappa shape index (κ1) is 21.2. The van der Waals surface area contributed by atoms with Crippen LogP contribution in [-0.2, 0) is 16.0 Å². The van der Waals surface area contributed by atoms with Crippen molar-refractivity contribution in [3.63, 3.8) is 0 Å². The molecule has 0 unspecified atom stereocenters. The summed E-state index contributed by atoms with van der Waals surface area (Å²) in [5.41, 5.74) is 4.96. The van der Waals surface area contributed by atoms with Crippen molar-refractivity contribution in [2.24, 2.45) is 0 Å². The third kappa shape index (κ3) is 4.21. The van der Waals surface area contributed by atoms with Gasteiger partial charge in [-0.1, -0.05) is 19.9 Å². The SMILES string of the molecule is CC(C)c1cnn2ccc(-c3ccnc(Cc4ccc(N5CCOCC5=O)cc4F)n3)cc12. The molecule has 1 aromatic carbocycles. The Morgan fingerprint density at radius 1 is 1.18 bits per heavy atom. The normalized spacial score (nSPS) is 14.4. The number of aromatic nitrogens is 4. The van der Waals surface area contributed by atoms with Gasteiger partial charge in [-0.15, -0.1) is 0 Å². The Morgan fingerprint density at radius 3 is 2.85 bits per heavy atom. The van der Waals surface area contributed by atoms with Crippen molar-refractivity contribution in [3.05, 3.63) is 77.8 Å². The maximum absolute atomic E-state index is 14.9. The standard InChI is InChI=1S/C25H24FN5O2/c1-16(2)20-14-28-31-8-6-18(11-23(20)31)22-5-7-27-24(29-22)12-17-3-4-19(13-21(17)26)30-9-10-33-15-25(30)32/h3-8,11,13-14,16H,9-10,12,15H2,1-2H3. The van der Waals surface area contributed by atoms with Gasteiger partial charge in [0.15, 0.2) is 0 Å². The average molecular weight is 445 g/mol. The minimum atomic E-state index is -0.386. The first-order chi connectivity index (χ1) is 16.0. The van der Waals surface area contributed by atoms with Gasteiger partial charge in [0, 0.05) is 42.2 Å². The van der Waals surface area contributed by atoms with Crippen LogP contribution >= 0.6 is 0 Å². The molecule has 1 saturated heterocycles. The number of benzene rings is 1. The minimum Gasteiger partial charge on any atom is -0.370 e. The summed E-state index contributed by atoms with van der Waals surface area (Å²) in [6.07, 6.45) is 5.76. The van der Waals surface area contributed by atoms with Crippen LogP contribution in [0.1, 0.15) is 36.7 Å². The molecule has 1 fully saturated rings. The molecule has 4 aromatic rings. The smallest absolute Gasteiger partial charge is 0.253 e. The van der Waals surface area contributed by atoms with Crippen LogP contribution in [-0.4, -0.2) is 45.2 Å². The molecule has 4 heterocycles. The largest absolute Gasteiger partial charge is 0.370 e. The number of nitrogens with zero attached hydrogens (tertiary/aromatic N) is 5. The van der Waals surface area contributed by atoms with Crippen LogP contribution in [0, 0.1) is 5.82 Å². The number of ether oxygens (including phenoxy) is 1. The molecule has 7 nitrogen and oxygen atoms in total.